The molecule has 0 spiro atoms. The van der Waals surface area contributed by atoms with E-state index < -0.39 is 29.6 Å². The molecule has 0 saturated heterocycles. The summed E-state index contributed by atoms with van der Waals surface area (Å²) in [7, 11) is 9.16. The topological polar surface area (TPSA) is 121 Å². The fourth-order valence-corrected chi connectivity index (χ4v) is 9.73. The molecule has 2 aliphatic rings. The number of carbonyl (C=O) groups is 2. The highest BCUT2D eigenvalue weighted by atomic mass is 16.5. The summed E-state index contributed by atoms with van der Waals surface area (Å²) in [4.78, 5) is 46.3. The second kappa shape index (κ2) is 20.5. The minimum atomic E-state index is -0.594. The van der Waals surface area contributed by atoms with Gasteiger partial charge in [-0.25, -0.2) is 0 Å². The van der Waals surface area contributed by atoms with Gasteiger partial charge < -0.3 is 28.4 Å². The molecule has 2 aliphatic heterocycles. The third kappa shape index (κ3) is 9.11. The van der Waals surface area contributed by atoms with E-state index in [-0.39, 0.29) is 11.8 Å². The van der Waals surface area contributed by atoms with Crippen LogP contribution in [0.1, 0.15) is 105 Å². The van der Waals surface area contributed by atoms with E-state index in [0.717, 1.165) is 27.8 Å². The first-order valence-electron chi connectivity index (χ1n) is 23.7. The summed E-state index contributed by atoms with van der Waals surface area (Å²) in [6, 6.07) is 50.6. The molecule has 7 aromatic carbocycles. The van der Waals surface area contributed by atoms with Crippen LogP contribution in [-0.4, -0.2) is 75.9 Å². The summed E-state index contributed by atoms with van der Waals surface area (Å²) in [6.45, 7) is 6.42. The van der Waals surface area contributed by atoms with Gasteiger partial charge in [-0.05, 0) is 75.7 Å². The van der Waals surface area contributed by atoms with E-state index >= 15 is 9.59 Å². The van der Waals surface area contributed by atoms with Crippen molar-refractivity contribution >= 4 is 23.5 Å². The van der Waals surface area contributed by atoms with Gasteiger partial charge in [0.2, 0.25) is 11.5 Å². The molecule has 72 heavy (non-hydrogen) atoms. The Morgan fingerprint density at radius 1 is 0.417 bits per heavy atom. The molecule has 0 fully saturated rings. The van der Waals surface area contributed by atoms with Crippen molar-refractivity contribution in [3.63, 3.8) is 0 Å². The molecule has 0 bridgehead atoms. The van der Waals surface area contributed by atoms with E-state index in [4.69, 9.17) is 38.4 Å². The Bertz CT molecular complexity index is 2900. The Labute approximate surface area is 421 Å². The van der Waals surface area contributed by atoms with Gasteiger partial charge in [0.1, 0.15) is 23.8 Å². The van der Waals surface area contributed by atoms with Gasteiger partial charge in [-0.2, -0.15) is 0 Å². The number of ether oxygens (including phenoxy) is 6. The number of rotatable bonds is 14. The summed E-state index contributed by atoms with van der Waals surface area (Å²) in [5.41, 5.74) is 6.03. The molecule has 0 saturated carbocycles. The third-order valence-corrected chi connectivity index (χ3v) is 13.3. The van der Waals surface area contributed by atoms with Gasteiger partial charge in [-0.15, -0.1) is 0 Å². The molecule has 12 nitrogen and oxygen atoms in total. The van der Waals surface area contributed by atoms with Gasteiger partial charge in [0, 0.05) is 22.3 Å². The minimum absolute atomic E-state index is 0.303. The number of carbonyl (C=O) groups excluding carboxylic acids is 2. The van der Waals surface area contributed by atoms with Crippen LogP contribution in [0.25, 0.3) is 0 Å². The Morgan fingerprint density at radius 2 is 0.722 bits per heavy atom. The van der Waals surface area contributed by atoms with Crippen molar-refractivity contribution in [3.05, 3.63) is 214 Å². The number of benzene rings is 7. The molecule has 12 heteroatoms. The maximum absolute atomic E-state index is 15.8. The zero-order valence-electron chi connectivity index (χ0n) is 42.0. The lowest BCUT2D eigenvalue weighted by Crippen LogP contribution is -2.39. The number of hydrogen-bond donors (Lipinski definition) is 0. The highest BCUT2D eigenvalue weighted by Crippen LogP contribution is 2.49. The van der Waals surface area contributed by atoms with E-state index in [1.165, 1.54) is 42.7 Å². The Balaban J connectivity index is 1.31. The molecule has 0 aliphatic carbocycles. The highest BCUT2D eigenvalue weighted by molar-refractivity contribution is 6.18. The lowest BCUT2D eigenvalue weighted by Gasteiger charge is -2.32. The Kier molecular flexibility index (Phi) is 13.9. The molecule has 0 radical (unpaired) electrons. The zero-order valence-corrected chi connectivity index (χ0v) is 42.0. The number of methoxy groups -OCH3 is 6. The summed E-state index contributed by atoms with van der Waals surface area (Å²) < 4.78 is 34.5. The first-order valence-corrected chi connectivity index (χ1v) is 23.7. The van der Waals surface area contributed by atoms with Crippen molar-refractivity contribution in [2.75, 3.05) is 42.7 Å². The average molecular weight is 963 g/mol. The normalized spacial score (nSPS) is 17.5. The van der Waals surface area contributed by atoms with E-state index in [2.05, 4.69) is 32.9 Å². The number of amides is 2. The van der Waals surface area contributed by atoms with Gasteiger partial charge in [0.25, 0.3) is 11.8 Å². The monoisotopic (exact) mass is 962 g/mol. The van der Waals surface area contributed by atoms with Crippen LogP contribution in [0.3, 0.4) is 0 Å². The van der Waals surface area contributed by atoms with Crippen molar-refractivity contribution in [1.82, 2.24) is 9.80 Å². The number of hydrogen-bond acceptors (Lipinski definition) is 10. The largest absolute Gasteiger partial charge is 0.493 e. The van der Waals surface area contributed by atoms with Gasteiger partial charge in [-0.3, -0.25) is 29.4 Å². The van der Waals surface area contributed by atoms with Crippen molar-refractivity contribution in [2.45, 2.75) is 50.4 Å². The molecule has 2 amide bonds. The van der Waals surface area contributed by atoms with Crippen LogP contribution >= 0.6 is 0 Å². The number of nitrogens with zero attached hydrogens (tertiary/aromatic N) is 4. The van der Waals surface area contributed by atoms with Crippen LogP contribution < -0.4 is 28.4 Å². The van der Waals surface area contributed by atoms with Crippen molar-refractivity contribution in [2.24, 2.45) is 9.98 Å². The average Bonchev–Trinajstić information content (AvgIpc) is 4.03. The van der Waals surface area contributed by atoms with Crippen LogP contribution in [-0.2, 0) is 5.41 Å². The van der Waals surface area contributed by atoms with Crippen LogP contribution in [0.2, 0.25) is 0 Å². The molecule has 4 unspecified atom stereocenters. The molecule has 0 aromatic heterocycles. The minimum Gasteiger partial charge on any atom is -0.493 e. The summed E-state index contributed by atoms with van der Waals surface area (Å²) >= 11 is 0. The van der Waals surface area contributed by atoms with Crippen molar-refractivity contribution in [1.29, 1.82) is 0 Å². The molecule has 0 N–H and O–H groups in total. The van der Waals surface area contributed by atoms with E-state index in [1.807, 2.05) is 127 Å². The second-order valence-corrected chi connectivity index (χ2v) is 18.6. The first-order chi connectivity index (χ1) is 34.9. The lowest BCUT2D eigenvalue weighted by atomic mass is 9.84. The SMILES string of the molecule is COc1cc(C(=O)N2C(c3cc(C4=NC(c5ccccc5)C(c5ccccc5)N4C(=O)c4cc(OC)c(OC)c(OC)c4)cc(C(C)(C)C)c3)=NC(c3ccccc3)C2c2ccccc2)cc(OC)c1OC. The van der Waals surface area contributed by atoms with Crippen LogP contribution in [0, 0.1) is 0 Å². The molecule has 2 heterocycles. The quantitative estimate of drug-likeness (QED) is 0.106. The summed E-state index contributed by atoms with van der Waals surface area (Å²) in [6.07, 6.45) is 0. The predicted octanol–water partition coefficient (Wildman–Crippen LogP) is 11.8. The van der Waals surface area contributed by atoms with E-state index in [1.54, 1.807) is 34.1 Å². The maximum atomic E-state index is 15.8. The molecule has 366 valence electrons. The predicted molar refractivity (Wildman–Crippen MR) is 279 cm³/mol. The molecule has 9 rings (SSSR count). The van der Waals surface area contributed by atoms with E-state index in [0.29, 0.717) is 68.4 Å². The van der Waals surface area contributed by atoms with Gasteiger partial charge >= 0.3 is 0 Å². The van der Waals surface area contributed by atoms with Gasteiger partial charge in [0.15, 0.2) is 23.0 Å². The van der Waals surface area contributed by atoms with Crippen molar-refractivity contribution < 1.29 is 38.0 Å². The first kappa shape index (κ1) is 48.6. The Hall–Kier alpha value is -8.38. The fourth-order valence-electron chi connectivity index (χ4n) is 9.73. The number of amidine groups is 2. The Morgan fingerprint density at radius 3 is 1.00 bits per heavy atom. The highest BCUT2D eigenvalue weighted by Gasteiger charge is 2.46. The van der Waals surface area contributed by atoms with Crippen LogP contribution in [0.5, 0.6) is 34.5 Å². The maximum Gasteiger partial charge on any atom is 0.260 e. The molecule has 7 aromatic rings. The zero-order chi connectivity index (χ0) is 50.7. The van der Waals surface area contributed by atoms with Crippen LogP contribution in [0.4, 0.5) is 0 Å². The number of aliphatic imine (C=N–C) groups is 2. The molecular weight excluding hydrogens is 905 g/mol. The van der Waals surface area contributed by atoms with Crippen LogP contribution in [0.15, 0.2) is 174 Å². The smallest absolute Gasteiger partial charge is 0.260 e. The summed E-state index contributed by atoms with van der Waals surface area (Å²) in [5.74, 6) is 2.26. The standard InChI is InChI=1S/C60H58N4O8/c1-60(2,3)45-31-41(56-61-50(37-22-14-10-15-23-37)52(39-26-18-12-19-27-39)63(56)58(65)43-33-46(67-4)54(71-8)47(34-43)68-5)30-42(32-45)57-62-51(38-24-16-11-17-25-38)53(40-28-20-13-21-29-40)64(57)59(66)44-35-48(69-6)55(72-9)49(36-44)70-7/h10-36,50-53H,1-9H3. The van der Waals surface area contributed by atoms with Gasteiger partial charge in [0.05, 0.1) is 54.7 Å². The summed E-state index contributed by atoms with van der Waals surface area (Å²) in [5, 5.41) is 0. The second-order valence-electron chi connectivity index (χ2n) is 18.6. The molecular formula is C60H58N4O8. The third-order valence-electron chi connectivity index (χ3n) is 13.3. The van der Waals surface area contributed by atoms with E-state index in [9.17, 15) is 0 Å². The fraction of sp³-hybridized carbons (Fsp3) is 0.233. The van der Waals surface area contributed by atoms with Gasteiger partial charge in [-0.1, -0.05) is 142 Å². The lowest BCUT2D eigenvalue weighted by molar-refractivity contribution is 0.0796. The van der Waals surface area contributed by atoms with Crippen molar-refractivity contribution in [3.8, 4) is 34.5 Å². The molecule has 4 atom stereocenters.